The first kappa shape index (κ1) is 11.8. The normalized spacial score (nSPS) is 9.93. The lowest BCUT2D eigenvalue weighted by molar-refractivity contribution is -0.149. The smallest absolute Gasteiger partial charge is 0.372 e. The lowest BCUT2D eigenvalue weighted by atomic mass is 10.1. The van der Waals surface area contributed by atoms with Crippen LogP contribution in [0.5, 0.6) is 0 Å². The maximum absolute atomic E-state index is 10.8. The molecular weight excluding hydrogens is 212 g/mol. The lowest BCUT2D eigenvalue weighted by Gasteiger charge is -2.00. The van der Waals surface area contributed by atoms with Crippen LogP contribution in [0.2, 0.25) is 0 Å². The minimum Gasteiger partial charge on any atom is -0.476 e. The maximum Gasteiger partial charge on any atom is 0.372 e. The molecule has 0 atom stereocenters. The van der Waals surface area contributed by atoms with Gasteiger partial charge in [-0.3, -0.25) is 4.79 Å². The number of hydrogen-bond donors (Lipinski definition) is 1. The Hall–Kier alpha value is -1.29. The topological polar surface area (TPSA) is 54.4 Å². The molecule has 80 valence electrons. The summed E-state index contributed by atoms with van der Waals surface area (Å²) in [6.07, 6.45) is 2.54. The van der Waals surface area contributed by atoms with Gasteiger partial charge >= 0.3 is 5.97 Å². The van der Waals surface area contributed by atoms with E-state index in [0.717, 1.165) is 10.5 Å². The number of benzene rings is 1. The van der Waals surface area contributed by atoms with Crippen molar-refractivity contribution in [3.05, 3.63) is 29.8 Å². The third-order valence-corrected chi connectivity index (χ3v) is 2.78. The second kappa shape index (κ2) is 5.56. The van der Waals surface area contributed by atoms with Crippen molar-refractivity contribution in [1.82, 2.24) is 0 Å². The molecule has 0 spiro atoms. The molecule has 0 aromatic heterocycles. The molecule has 0 heterocycles. The molecule has 0 fully saturated rings. The Labute approximate surface area is 92.5 Å². The standard InChI is InChI=1S/C11H12O3S/c1-15-9-5-2-8(3-6-9)4-7-10(12)11(13)14/h2-3,5-6H,4,7H2,1H3,(H,13,14). The summed E-state index contributed by atoms with van der Waals surface area (Å²) in [5.41, 5.74) is 0.988. The van der Waals surface area contributed by atoms with E-state index in [0.29, 0.717) is 6.42 Å². The highest BCUT2D eigenvalue weighted by atomic mass is 32.2. The number of thioether (sulfide) groups is 1. The zero-order valence-electron chi connectivity index (χ0n) is 8.40. The van der Waals surface area contributed by atoms with E-state index in [-0.39, 0.29) is 6.42 Å². The molecule has 0 amide bonds. The zero-order chi connectivity index (χ0) is 11.3. The summed E-state index contributed by atoms with van der Waals surface area (Å²) in [5.74, 6) is -2.08. The van der Waals surface area contributed by atoms with Gasteiger partial charge in [-0.2, -0.15) is 0 Å². The maximum atomic E-state index is 10.8. The minimum absolute atomic E-state index is 0.0634. The largest absolute Gasteiger partial charge is 0.476 e. The highest BCUT2D eigenvalue weighted by Gasteiger charge is 2.10. The predicted molar refractivity (Wildman–Crippen MR) is 59.2 cm³/mol. The SMILES string of the molecule is CSc1ccc(CCC(=O)C(=O)O)cc1. The van der Waals surface area contributed by atoms with E-state index in [1.165, 1.54) is 0 Å². The summed E-state index contributed by atoms with van der Waals surface area (Å²) in [5, 5.41) is 8.39. The average molecular weight is 224 g/mol. The molecular formula is C11H12O3S. The number of carboxylic acid groups (broad SMARTS) is 1. The molecule has 1 aromatic rings. The van der Waals surface area contributed by atoms with Gasteiger partial charge in [-0.25, -0.2) is 4.79 Å². The van der Waals surface area contributed by atoms with E-state index in [1.807, 2.05) is 30.5 Å². The molecule has 1 aromatic carbocycles. The van der Waals surface area contributed by atoms with Crippen molar-refractivity contribution in [2.75, 3.05) is 6.26 Å². The monoisotopic (exact) mass is 224 g/mol. The highest BCUT2D eigenvalue weighted by molar-refractivity contribution is 7.98. The lowest BCUT2D eigenvalue weighted by Crippen LogP contribution is -2.12. The first-order valence-corrected chi connectivity index (χ1v) is 5.75. The molecule has 4 heteroatoms. The average Bonchev–Trinajstić information content (AvgIpc) is 2.26. The van der Waals surface area contributed by atoms with E-state index < -0.39 is 11.8 Å². The van der Waals surface area contributed by atoms with Crippen molar-refractivity contribution in [2.45, 2.75) is 17.7 Å². The summed E-state index contributed by atoms with van der Waals surface area (Å²) in [7, 11) is 0. The predicted octanol–water partition coefficient (Wildman–Crippen LogP) is 1.99. The number of carbonyl (C=O) groups is 2. The van der Waals surface area contributed by atoms with Crippen molar-refractivity contribution in [1.29, 1.82) is 0 Å². The fourth-order valence-corrected chi connectivity index (χ4v) is 1.57. The third kappa shape index (κ3) is 3.75. The number of rotatable bonds is 5. The van der Waals surface area contributed by atoms with Crippen molar-refractivity contribution >= 4 is 23.5 Å². The molecule has 0 saturated heterocycles. The summed E-state index contributed by atoms with van der Waals surface area (Å²) in [4.78, 5) is 22.3. The minimum atomic E-state index is -1.35. The van der Waals surface area contributed by atoms with Gasteiger partial charge in [0.05, 0.1) is 0 Å². The molecule has 0 unspecified atom stereocenters. The van der Waals surface area contributed by atoms with Gasteiger partial charge in [0.2, 0.25) is 5.78 Å². The van der Waals surface area contributed by atoms with Crippen molar-refractivity contribution in [2.24, 2.45) is 0 Å². The van der Waals surface area contributed by atoms with Crippen LogP contribution in [0, 0.1) is 0 Å². The van der Waals surface area contributed by atoms with Gasteiger partial charge in [-0.15, -0.1) is 11.8 Å². The molecule has 15 heavy (non-hydrogen) atoms. The van der Waals surface area contributed by atoms with Gasteiger partial charge in [0, 0.05) is 11.3 Å². The Morgan fingerprint density at radius 1 is 1.27 bits per heavy atom. The number of Topliss-reactive ketones (excluding diaryl/α,β-unsaturated/α-hetero) is 1. The Morgan fingerprint density at radius 2 is 1.87 bits per heavy atom. The van der Waals surface area contributed by atoms with Crippen molar-refractivity contribution in [3.8, 4) is 0 Å². The van der Waals surface area contributed by atoms with Crippen LogP contribution in [-0.2, 0) is 16.0 Å². The molecule has 0 saturated carbocycles. The van der Waals surface area contributed by atoms with E-state index in [9.17, 15) is 9.59 Å². The van der Waals surface area contributed by atoms with Crippen LogP contribution in [0.15, 0.2) is 29.2 Å². The van der Waals surface area contributed by atoms with Crippen LogP contribution in [0.1, 0.15) is 12.0 Å². The Balaban J connectivity index is 2.51. The number of carboxylic acids is 1. The van der Waals surface area contributed by atoms with E-state index >= 15 is 0 Å². The summed E-state index contributed by atoms with van der Waals surface area (Å²) in [6, 6.07) is 7.76. The Morgan fingerprint density at radius 3 is 2.33 bits per heavy atom. The molecule has 0 aliphatic carbocycles. The van der Waals surface area contributed by atoms with Gasteiger partial charge in [0.1, 0.15) is 0 Å². The number of aryl methyl sites for hydroxylation is 1. The van der Waals surface area contributed by atoms with Crippen LogP contribution >= 0.6 is 11.8 Å². The fourth-order valence-electron chi connectivity index (χ4n) is 1.16. The number of carbonyl (C=O) groups excluding carboxylic acids is 1. The second-order valence-corrected chi connectivity index (χ2v) is 3.96. The Bertz CT molecular complexity index is 357. The van der Waals surface area contributed by atoms with E-state index in [2.05, 4.69) is 0 Å². The molecule has 0 bridgehead atoms. The summed E-state index contributed by atoms with van der Waals surface area (Å²) >= 11 is 1.65. The first-order chi connectivity index (χ1) is 7.13. The van der Waals surface area contributed by atoms with Crippen LogP contribution in [0.25, 0.3) is 0 Å². The molecule has 1 rings (SSSR count). The van der Waals surface area contributed by atoms with Crippen LogP contribution in [0.4, 0.5) is 0 Å². The van der Waals surface area contributed by atoms with Crippen LogP contribution in [0.3, 0.4) is 0 Å². The van der Waals surface area contributed by atoms with Crippen LogP contribution in [-0.4, -0.2) is 23.1 Å². The van der Waals surface area contributed by atoms with Gasteiger partial charge in [-0.05, 0) is 30.4 Å². The van der Waals surface area contributed by atoms with Gasteiger partial charge in [0.25, 0.3) is 0 Å². The molecule has 0 radical (unpaired) electrons. The number of hydrogen-bond acceptors (Lipinski definition) is 3. The molecule has 3 nitrogen and oxygen atoms in total. The summed E-state index contributed by atoms with van der Waals surface area (Å²) in [6.45, 7) is 0. The van der Waals surface area contributed by atoms with Crippen molar-refractivity contribution < 1.29 is 14.7 Å². The number of ketones is 1. The second-order valence-electron chi connectivity index (χ2n) is 3.08. The molecule has 0 aliphatic heterocycles. The fraction of sp³-hybridized carbons (Fsp3) is 0.273. The van der Waals surface area contributed by atoms with E-state index in [4.69, 9.17) is 5.11 Å². The first-order valence-electron chi connectivity index (χ1n) is 4.52. The van der Waals surface area contributed by atoms with Gasteiger partial charge in [-0.1, -0.05) is 12.1 Å². The van der Waals surface area contributed by atoms with Crippen LogP contribution < -0.4 is 0 Å². The molecule has 1 N–H and O–H groups in total. The zero-order valence-corrected chi connectivity index (χ0v) is 9.21. The van der Waals surface area contributed by atoms with Gasteiger partial charge < -0.3 is 5.11 Å². The molecule has 0 aliphatic rings. The van der Waals surface area contributed by atoms with Gasteiger partial charge in [0.15, 0.2) is 0 Å². The summed E-state index contributed by atoms with van der Waals surface area (Å²) < 4.78 is 0. The van der Waals surface area contributed by atoms with Crippen molar-refractivity contribution in [3.63, 3.8) is 0 Å². The highest BCUT2D eigenvalue weighted by Crippen LogP contribution is 2.15. The van der Waals surface area contributed by atoms with E-state index in [1.54, 1.807) is 11.8 Å². The number of aliphatic carboxylic acids is 1. The quantitative estimate of drug-likeness (QED) is 0.614. The Kier molecular flexibility index (Phi) is 4.37. The third-order valence-electron chi connectivity index (χ3n) is 2.04.